The zero-order valence-corrected chi connectivity index (χ0v) is 16.6. The van der Waals surface area contributed by atoms with E-state index in [9.17, 15) is 4.79 Å². The molecular formula is C20H27ClN2O2S. The van der Waals surface area contributed by atoms with Crippen molar-refractivity contribution in [3.8, 4) is 0 Å². The van der Waals surface area contributed by atoms with Gasteiger partial charge in [-0.3, -0.25) is 4.79 Å². The summed E-state index contributed by atoms with van der Waals surface area (Å²) in [6, 6.07) is 8.22. The van der Waals surface area contributed by atoms with Crippen LogP contribution < -0.4 is 10.6 Å². The first-order valence-corrected chi connectivity index (χ1v) is 10.5. The van der Waals surface area contributed by atoms with Gasteiger partial charge in [-0.05, 0) is 31.9 Å². The zero-order valence-electron chi connectivity index (χ0n) is 15.0. The molecule has 1 aromatic carbocycles. The summed E-state index contributed by atoms with van der Waals surface area (Å²) >= 11 is 1.99. The fourth-order valence-corrected chi connectivity index (χ4v) is 5.24. The molecule has 1 amide bonds. The Bertz CT molecular complexity index is 736. The minimum atomic E-state index is -0.0656. The fraction of sp³-hybridized carbons (Fsp3) is 0.550. The second kappa shape index (κ2) is 9.16. The molecule has 4 rings (SSSR count). The number of furan rings is 1. The van der Waals surface area contributed by atoms with Crippen molar-refractivity contribution >= 4 is 41.0 Å². The molecule has 1 aliphatic heterocycles. The van der Waals surface area contributed by atoms with Crippen molar-refractivity contribution in [3.63, 3.8) is 0 Å². The summed E-state index contributed by atoms with van der Waals surface area (Å²) in [6.07, 6.45) is 7.63. The number of fused-ring (bicyclic) bond motifs is 1. The van der Waals surface area contributed by atoms with E-state index in [4.69, 9.17) is 4.42 Å². The van der Waals surface area contributed by atoms with Crippen LogP contribution in [0.3, 0.4) is 0 Å². The summed E-state index contributed by atoms with van der Waals surface area (Å²) in [5.74, 6) is 1.30. The molecule has 2 heterocycles. The number of hydrogen-bond donors (Lipinski definition) is 2. The SMILES string of the molecule is Cl.O=C(NC1CCNC1)c1oc2ccccc2c1CSC1CCCCC1. The average molecular weight is 395 g/mol. The predicted molar refractivity (Wildman–Crippen MR) is 110 cm³/mol. The first-order chi connectivity index (χ1) is 12.3. The van der Waals surface area contributed by atoms with Gasteiger partial charge in [0.1, 0.15) is 5.58 Å². The van der Waals surface area contributed by atoms with Crippen LogP contribution in [0.5, 0.6) is 0 Å². The van der Waals surface area contributed by atoms with E-state index in [0.29, 0.717) is 5.76 Å². The second-order valence-electron chi connectivity index (χ2n) is 7.14. The highest BCUT2D eigenvalue weighted by atomic mass is 35.5. The van der Waals surface area contributed by atoms with E-state index in [1.54, 1.807) is 0 Å². The molecule has 4 nitrogen and oxygen atoms in total. The smallest absolute Gasteiger partial charge is 0.287 e. The molecule has 2 aliphatic rings. The van der Waals surface area contributed by atoms with Crippen molar-refractivity contribution in [1.82, 2.24) is 10.6 Å². The van der Waals surface area contributed by atoms with E-state index in [1.165, 1.54) is 32.1 Å². The molecule has 6 heteroatoms. The van der Waals surface area contributed by atoms with E-state index in [1.807, 2.05) is 30.0 Å². The molecule has 2 N–H and O–H groups in total. The summed E-state index contributed by atoms with van der Waals surface area (Å²) in [5.41, 5.74) is 1.88. The van der Waals surface area contributed by atoms with Crippen molar-refractivity contribution in [2.45, 2.75) is 55.6 Å². The van der Waals surface area contributed by atoms with Crippen LogP contribution in [-0.2, 0) is 5.75 Å². The molecule has 1 atom stereocenters. The maximum atomic E-state index is 12.8. The topological polar surface area (TPSA) is 54.3 Å². The number of carbonyl (C=O) groups excluding carboxylic acids is 1. The number of benzene rings is 1. The Hall–Kier alpha value is -1.17. The van der Waals surface area contributed by atoms with Crippen molar-refractivity contribution in [2.75, 3.05) is 13.1 Å². The number of rotatable bonds is 5. The zero-order chi connectivity index (χ0) is 17.1. The van der Waals surface area contributed by atoms with Gasteiger partial charge in [-0.15, -0.1) is 12.4 Å². The molecule has 1 unspecified atom stereocenters. The normalized spacial score (nSPS) is 20.8. The number of carbonyl (C=O) groups is 1. The Balaban J connectivity index is 0.00000196. The number of thioether (sulfide) groups is 1. The fourth-order valence-electron chi connectivity index (χ4n) is 3.89. The van der Waals surface area contributed by atoms with E-state index in [2.05, 4.69) is 16.7 Å². The van der Waals surface area contributed by atoms with Gasteiger partial charge in [0.2, 0.25) is 0 Å². The van der Waals surface area contributed by atoms with E-state index < -0.39 is 0 Å². The van der Waals surface area contributed by atoms with Gasteiger partial charge in [-0.1, -0.05) is 37.5 Å². The Labute approximate surface area is 165 Å². The number of hydrogen-bond acceptors (Lipinski definition) is 4. The Morgan fingerprint density at radius 3 is 2.77 bits per heavy atom. The summed E-state index contributed by atoms with van der Waals surface area (Å²) in [4.78, 5) is 12.8. The molecule has 0 radical (unpaired) electrons. The average Bonchev–Trinajstić information content (AvgIpc) is 3.28. The predicted octanol–water partition coefficient (Wildman–Crippen LogP) is 4.51. The standard InChI is InChI=1S/C20H26N2O2S.ClH/c23-20(22-14-10-11-21-12-14)19-17(13-25-15-6-2-1-3-7-15)16-8-4-5-9-18(16)24-19;/h4-5,8-9,14-15,21H,1-3,6-7,10-13H2,(H,22,23);1H. The molecule has 1 aromatic heterocycles. The van der Waals surface area contributed by atoms with Gasteiger partial charge >= 0.3 is 0 Å². The highest BCUT2D eigenvalue weighted by molar-refractivity contribution is 7.99. The van der Waals surface area contributed by atoms with Crippen LogP contribution in [0.15, 0.2) is 28.7 Å². The van der Waals surface area contributed by atoms with Crippen LogP contribution in [-0.4, -0.2) is 30.3 Å². The molecule has 1 aliphatic carbocycles. The minimum Gasteiger partial charge on any atom is -0.451 e. The second-order valence-corrected chi connectivity index (χ2v) is 8.43. The maximum absolute atomic E-state index is 12.8. The summed E-state index contributed by atoms with van der Waals surface area (Å²) in [5, 5.41) is 8.22. The van der Waals surface area contributed by atoms with Gasteiger partial charge in [0.25, 0.3) is 5.91 Å². The van der Waals surface area contributed by atoms with Crippen molar-refractivity contribution in [2.24, 2.45) is 0 Å². The van der Waals surface area contributed by atoms with Gasteiger partial charge in [0.05, 0.1) is 0 Å². The highest BCUT2D eigenvalue weighted by Gasteiger charge is 2.25. The molecule has 2 aromatic rings. The largest absolute Gasteiger partial charge is 0.451 e. The molecule has 1 saturated carbocycles. The summed E-state index contributed by atoms with van der Waals surface area (Å²) < 4.78 is 5.97. The van der Waals surface area contributed by atoms with Crippen LogP contribution in [0.4, 0.5) is 0 Å². The summed E-state index contributed by atoms with van der Waals surface area (Å²) in [6.45, 7) is 1.81. The van der Waals surface area contributed by atoms with Crippen LogP contribution in [0.1, 0.15) is 54.6 Å². The van der Waals surface area contributed by atoms with Crippen molar-refractivity contribution in [3.05, 3.63) is 35.6 Å². The van der Waals surface area contributed by atoms with Crippen LogP contribution in [0, 0.1) is 0 Å². The number of amides is 1. The third-order valence-electron chi connectivity index (χ3n) is 5.32. The lowest BCUT2D eigenvalue weighted by Crippen LogP contribution is -2.36. The molecule has 142 valence electrons. The first-order valence-electron chi connectivity index (χ1n) is 9.45. The highest BCUT2D eigenvalue weighted by Crippen LogP contribution is 2.35. The minimum absolute atomic E-state index is 0. The van der Waals surface area contributed by atoms with Gasteiger partial charge in [0, 0.05) is 34.5 Å². The van der Waals surface area contributed by atoms with Crippen molar-refractivity contribution < 1.29 is 9.21 Å². The third-order valence-corrected chi connectivity index (χ3v) is 6.71. The molecule has 0 bridgehead atoms. The lowest BCUT2D eigenvalue weighted by molar-refractivity contribution is 0.0913. The van der Waals surface area contributed by atoms with Gasteiger partial charge < -0.3 is 15.1 Å². The Morgan fingerprint density at radius 1 is 1.19 bits per heavy atom. The van der Waals surface area contributed by atoms with E-state index in [-0.39, 0.29) is 24.4 Å². The maximum Gasteiger partial charge on any atom is 0.287 e. The molecule has 2 fully saturated rings. The van der Waals surface area contributed by atoms with Crippen LogP contribution >= 0.6 is 24.2 Å². The van der Waals surface area contributed by atoms with Crippen molar-refractivity contribution in [1.29, 1.82) is 0 Å². The molecule has 1 saturated heterocycles. The van der Waals surface area contributed by atoms with E-state index in [0.717, 1.165) is 47.0 Å². The van der Waals surface area contributed by atoms with Gasteiger partial charge in [0.15, 0.2) is 5.76 Å². The van der Waals surface area contributed by atoms with Crippen LogP contribution in [0.25, 0.3) is 11.0 Å². The number of halogens is 1. The Morgan fingerprint density at radius 2 is 2.00 bits per heavy atom. The third kappa shape index (κ3) is 4.38. The van der Waals surface area contributed by atoms with Crippen LogP contribution in [0.2, 0.25) is 0 Å². The summed E-state index contributed by atoms with van der Waals surface area (Å²) in [7, 11) is 0. The monoisotopic (exact) mass is 394 g/mol. The van der Waals surface area contributed by atoms with E-state index >= 15 is 0 Å². The Kier molecular flexibility index (Phi) is 6.90. The lowest BCUT2D eigenvalue weighted by Gasteiger charge is -2.21. The first kappa shape index (κ1) is 19.6. The molecule has 26 heavy (non-hydrogen) atoms. The van der Waals surface area contributed by atoms with Gasteiger partial charge in [-0.2, -0.15) is 11.8 Å². The van der Waals surface area contributed by atoms with Gasteiger partial charge in [-0.25, -0.2) is 0 Å². The number of nitrogens with one attached hydrogen (secondary N) is 2. The quantitative estimate of drug-likeness (QED) is 0.783. The molecular weight excluding hydrogens is 368 g/mol. The molecule has 0 spiro atoms. The lowest BCUT2D eigenvalue weighted by atomic mass is 10.0. The number of para-hydroxylation sites is 1.